The smallest absolute Gasteiger partial charge is 0.323 e. The molecule has 190 valence electrons. The maximum absolute atomic E-state index is 14.7. The molecule has 0 aliphatic rings. The molecule has 0 aliphatic carbocycles. The molecule has 37 heavy (non-hydrogen) atoms. The van der Waals surface area contributed by atoms with Crippen molar-refractivity contribution in [3.05, 3.63) is 82.0 Å². The SMILES string of the molecule is CCn1c(=O)c(-c2cc(NC(=O)Nc3ccccc3)c(F)cc2Cl)cc2cnc(NC(=O)N(C)C)cc21. The number of carbonyl (C=O) groups excluding carboxylic acids is 2. The van der Waals surface area contributed by atoms with Crippen LogP contribution in [0, 0.1) is 5.82 Å². The van der Waals surface area contributed by atoms with E-state index in [-0.39, 0.29) is 39.2 Å². The van der Waals surface area contributed by atoms with E-state index in [4.69, 9.17) is 11.6 Å². The van der Waals surface area contributed by atoms with Crippen molar-refractivity contribution >= 4 is 51.8 Å². The Hall–Kier alpha value is -4.44. The summed E-state index contributed by atoms with van der Waals surface area (Å²) >= 11 is 6.35. The second-order valence-corrected chi connectivity index (χ2v) is 8.72. The number of hydrogen-bond acceptors (Lipinski definition) is 4. The lowest BCUT2D eigenvalue weighted by Crippen LogP contribution is -2.28. The summed E-state index contributed by atoms with van der Waals surface area (Å²) in [5, 5.41) is 8.36. The maximum atomic E-state index is 14.7. The highest BCUT2D eigenvalue weighted by Gasteiger charge is 2.18. The first-order valence-corrected chi connectivity index (χ1v) is 11.7. The van der Waals surface area contributed by atoms with E-state index in [1.54, 1.807) is 63.5 Å². The highest BCUT2D eigenvalue weighted by Crippen LogP contribution is 2.33. The molecule has 4 aromatic rings. The predicted molar refractivity (Wildman–Crippen MR) is 144 cm³/mol. The van der Waals surface area contributed by atoms with Crippen LogP contribution in [0.25, 0.3) is 22.0 Å². The van der Waals surface area contributed by atoms with Gasteiger partial charge in [0.1, 0.15) is 11.6 Å². The molecule has 9 nitrogen and oxygen atoms in total. The number of anilines is 3. The molecule has 4 rings (SSSR count). The Bertz CT molecular complexity index is 1560. The van der Waals surface area contributed by atoms with Gasteiger partial charge in [-0.1, -0.05) is 29.8 Å². The third-order valence-electron chi connectivity index (χ3n) is 5.56. The van der Waals surface area contributed by atoms with E-state index < -0.39 is 11.8 Å². The number of hydrogen-bond donors (Lipinski definition) is 3. The third kappa shape index (κ3) is 5.54. The molecule has 3 N–H and O–H groups in total. The fraction of sp³-hybridized carbons (Fsp3) is 0.154. The van der Waals surface area contributed by atoms with E-state index in [1.807, 2.05) is 0 Å². The Morgan fingerprint density at radius 1 is 1.03 bits per heavy atom. The summed E-state index contributed by atoms with van der Waals surface area (Å²) in [4.78, 5) is 43.5. The van der Waals surface area contributed by atoms with Gasteiger partial charge in [-0.25, -0.2) is 19.0 Å². The molecule has 2 aromatic heterocycles. The number of nitrogens with zero attached hydrogens (tertiary/aromatic N) is 3. The van der Waals surface area contributed by atoms with E-state index in [2.05, 4.69) is 20.9 Å². The minimum atomic E-state index is -0.753. The van der Waals surface area contributed by atoms with E-state index in [9.17, 15) is 18.8 Å². The molecule has 0 bridgehead atoms. The minimum absolute atomic E-state index is 0.00782. The van der Waals surface area contributed by atoms with E-state index in [0.717, 1.165) is 6.07 Å². The van der Waals surface area contributed by atoms with E-state index >= 15 is 0 Å². The molecule has 4 amide bonds. The number of urea groups is 2. The Balaban J connectivity index is 1.74. The number of aromatic nitrogens is 2. The molecule has 11 heteroatoms. The number of rotatable bonds is 5. The zero-order chi connectivity index (χ0) is 26.7. The Morgan fingerprint density at radius 3 is 2.43 bits per heavy atom. The average molecular weight is 523 g/mol. The molecule has 0 saturated heterocycles. The molecule has 0 atom stereocenters. The summed E-state index contributed by atoms with van der Waals surface area (Å²) in [6.07, 6.45) is 1.53. The summed E-state index contributed by atoms with van der Waals surface area (Å²) in [6.45, 7) is 2.12. The Morgan fingerprint density at radius 2 is 1.76 bits per heavy atom. The van der Waals surface area contributed by atoms with Crippen molar-refractivity contribution in [3.8, 4) is 11.1 Å². The summed E-state index contributed by atoms with van der Waals surface area (Å²) in [6, 6.07) is 13.3. The van der Waals surface area contributed by atoms with Gasteiger partial charge in [-0.05, 0) is 37.3 Å². The first-order valence-electron chi connectivity index (χ1n) is 11.3. The van der Waals surface area contributed by atoms with Gasteiger partial charge in [-0.15, -0.1) is 0 Å². The van der Waals surface area contributed by atoms with Crippen molar-refractivity contribution in [2.45, 2.75) is 13.5 Å². The average Bonchev–Trinajstić information content (AvgIpc) is 2.86. The zero-order valence-electron chi connectivity index (χ0n) is 20.3. The normalized spacial score (nSPS) is 10.7. The molecular formula is C26H24ClFN6O3. The van der Waals surface area contributed by atoms with Gasteiger partial charge in [0.15, 0.2) is 0 Å². The predicted octanol–water partition coefficient (Wildman–Crippen LogP) is 5.61. The number of aryl methyl sites for hydroxylation is 1. The van der Waals surface area contributed by atoms with Crippen molar-refractivity contribution in [2.24, 2.45) is 0 Å². The largest absolute Gasteiger partial charge is 0.331 e. The highest BCUT2D eigenvalue weighted by molar-refractivity contribution is 6.33. The lowest BCUT2D eigenvalue weighted by atomic mass is 10.0. The van der Waals surface area contributed by atoms with Crippen LogP contribution in [0.15, 0.2) is 65.6 Å². The van der Waals surface area contributed by atoms with Crippen LogP contribution in [0.3, 0.4) is 0 Å². The van der Waals surface area contributed by atoms with Gasteiger partial charge in [0.05, 0.1) is 16.2 Å². The van der Waals surface area contributed by atoms with Crippen molar-refractivity contribution in [1.82, 2.24) is 14.5 Å². The van der Waals surface area contributed by atoms with Gasteiger partial charge >= 0.3 is 12.1 Å². The third-order valence-corrected chi connectivity index (χ3v) is 5.87. The summed E-state index contributed by atoms with van der Waals surface area (Å²) in [7, 11) is 3.21. The van der Waals surface area contributed by atoms with Crippen LogP contribution < -0.4 is 21.5 Å². The Kier molecular flexibility index (Phi) is 7.40. The lowest BCUT2D eigenvalue weighted by molar-refractivity contribution is 0.230. The van der Waals surface area contributed by atoms with Crippen LogP contribution in [0.2, 0.25) is 5.02 Å². The highest BCUT2D eigenvalue weighted by atomic mass is 35.5. The number of para-hydroxylation sites is 1. The maximum Gasteiger partial charge on any atom is 0.323 e. The number of benzene rings is 2. The topological polar surface area (TPSA) is 108 Å². The molecule has 2 aromatic carbocycles. The summed E-state index contributed by atoms with van der Waals surface area (Å²) in [5.41, 5.74) is 1.02. The van der Waals surface area contributed by atoms with Crippen molar-refractivity contribution in [1.29, 1.82) is 0 Å². The Labute approximate surface area is 216 Å². The van der Waals surface area contributed by atoms with Crippen LogP contribution in [0.4, 0.5) is 31.2 Å². The quantitative estimate of drug-likeness (QED) is 0.316. The fourth-order valence-corrected chi connectivity index (χ4v) is 3.98. The second kappa shape index (κ2) is 10.7. The molecule has 0 aliphatic heterocycles. The number of carbonyl (C=O) groups is 2. The minimum Gasteiger partial charge on any atom is -0.331 e. The van der Waals surface area contributed by atoms with E-state index in [0.29, 0.717) is 23.1 Å². The van der Waals surface area contributed by atoms with Crippen molar-refractivity contribution in [2.75, 3.05) is 30.0 Å². The standard InChI is InChI=1S/C26H24ClFN6O3/c1-4-34-22-13-23(32-26(37)33(2)3)29-14-15(22)10-18(24(34)35)17-11-21(20(28)12-19(17)27)31-25(36)30-16-8-6-5-7-9-16/h5-14H,4H2,1-3H3,(H,29,32,37)(H2,30,31,36). The van der Waals surface area contributed by atoms with Crippen molar-refractivity contribution in [3.63, 3.8) is 0 Å². The monoisotopic (exact) mass is 522 g/mol. The number of fused-ring (bicyclic) bond motifs is 1. The number of pyridine rings is 2. The van der Waals surface area contributed by atoms with E-state index in [1.165, 1.54) is 21.7 Å². The number of halogens is 2. The second-order valence-electron chi connectivity index (χ2n) is 8.32. The first kappa shape index (κ1) is 25.6. The molecule has 0 fully saturated rings. The summed E-state index contributed by atoms with van der Waals surface area (Å²) < 4.78 is 16.2. The van der Waals surface area contributed by atoms with Gasteiger partial charge in [0.25, 0.3) is 5.56 Å². The molecule has 0 radical (unpaired) electrons. The van der Waals surface area contributed by atoms with Crippen LogP contribution in [-0.2, 0) is 6.54 Å². The van der Waals surface area contributed by atoms with Gasteiger partial charge in [0.2, 0.25) is 0 Å². The number of nitrogens with one attached hydrogen (secondary N) is 3. The van der Waals surface area contributed by atoms with Crippen molar-refractivity contribution < 1.29 is 14.0 Å². The zero-order valence-corrected chi connectivity index (χ0v) is 21.1. The molecule has 0 saturated carbocycles. The first-order chi connectivity index (χ1) is 17.7. The molecule has 0 unspecified atom stereocenters. The summed E-state index contributed by atoms with van der Waals surface area (Å²) in [5.74, 6) is -0.465. The van der Waals surface area contributed by atoms with Gasteiger partial charge in [-0.2, -0.15) is 0 Å². The number of amides is 4. The molecule has 2 heterocycles. The van der Waals surface area contributed by atoms with Crippen LogP contribution >= 0.6 is 11.6 Å². The molecule has 0 spiro atoms. The van der Waals surface area contributed by atoms with Crippen LogP contribution in [-0.4, -0.2) is 40.6 Å². The van der Waals surface area contributed by atoms with Gasteiger partial charge in [-0.3, -0.25) is 10.1 Å². The van der Waals surface area contributed by atoms with Gasteiger partial charge < -0.3 is 20.1 Å². The van der Waals surface area contributed by atoms with Gasteiger partial charge in [0, 0.05) is 55.1 Å². The lowest BCUT2D eigenvalue weighted by Gasteiger charge is -2.16. The molecular weight excluding hydrogens is 499 g/mol. The van der Waals surface area contributed by atoms with Crippen LogP contribution in [0.5, 0.6) is 0 Å². The fourth-order valence-electron chi connectivity index (χ4n) is 3.73. The van der Waals surface area contributed by atoms with Crippen LogP contribution in [0.1, 0.15) is 6.92 Å².